The van der Waals surface area contributed by atoms with Gasteiger partial charge in [0.25, 0.3) is 0 Å². The minimum atomic E-state index is -0.151. The van der Waals surface area contributed by atoms with E-state index in [9.17, 15) is 9.18 Å². The molecule has 0 radical (unpaired) electrons. The highest BCUT2D eigenvalue weighted by Gasteiger charge is 2.65. The van der Waals surface area contributed by atoms with Gasteiger partial charge in [0.1, 0.15) is 17.8 Å². The van der Waals surface area contributed by atoms with Gasteiger partial charge in [-0.05, 0) is 55.6 Å². The number of hydrogen-bond donors (Lipinski definition) is 1. The summed E-state index contributed by atoms with van der Waals surface area (Å²) >= 11 is 0. The molecule has 1 aromatic rings. The second-order valence-electron chi connectivity index (χ2n) is 11.0. The number of esters is 1. The predicted molar refractivity (Wildman–Crippen MR) is 114 cm³/mol. The number of fused-ring (bicyclic) bond motifs is 3. The molecule has 3 saturated heterocycles. The SMILES string of the molecule is C[C@]12CCC[C@]3(CO3)[C@H]1C[C@H]1[C@@H](C2)OC(=O)[C@@H]1C[NH+]1CCN(c2ccccc2F)CC1. The van der Waals surface area contributed by atoms with Crippen LogP contribution in [-0.4, -0.2) is 57.0 Å². The topological polar surface area (TPSA) is 46.5 Å². The Morgan fingerprint density at radius 2 is 2.00 bits per heavy atom. The summed E-state index contributed by atoms with van der Waals surface area (Å²) in [5, 5.41) is 0. The number of para-hydroxylation sites is 1. The summed E-state index contributed by atoms with van der Waals surface area (Å²) in [6, 6.07) is 7.02. The van der Waals surface area contributed by atoms with Crippen molar-refractivity contribution in [3.05, 3.63) is 30.1 Å². The van der Waals surface area contributed by atoms with Gasteiger partial charge in [-0.2, -0.15) is 0 Å². The van der Waals surface area contributed by atoms with Crippen LogP contribution in [0.25, 0.3) is 0 Å². The first-order valence-corrected chi connectivity index (χ1v) is 12.1. The zero-order valence-electron chi connectivity index (χ0n) is 18.4. The molecule has 0 amide bonds. The molecule has 2 aliphatic carbocycles. The van der Waals surface area contributed by atoms with E-state index < -0.39 is 0 Å². The van der Waals surface area contributed by atoms with Gasteiger partial charge in [-0.15, -0.1) is 0 Å². The lowest BCUT2D eigenvalue weighted by molar-refractivity contribution is -0.903. The van der Waals surface area contributed by atoms with Crippen LogP contribution in [0.3, 0.4) is 0 Å². The Morgan fingerprint density at radius 3 is 2.74 bits per heavy atom. The number of anilines is 1. The van der Waals surface area contributed by atoms with E-state index in [1.54, 1.807) is 6.07 Å². The molecule has 5 nitrogen and oxygen atoms in total. The minimum absolute atomic E-state index is 0.00212. The van der Waals surface area contributed by atoms with Crippen LogP contribution in [0.15, 0.2) is 24.3 Å². The Hall–Kier alpha value is -1.66. The van der Waals surface area contributed by atoms with E-state index in [-0.39, 0.29) is 34.8 Å². The molecule has 1 spiro atoms. The predicted octanol–water partition coefficient (Wildman–Crippen LogP) is 2.06. The molecule has 6 rings (SSSR count). The normalized spacial score (nSPS) is 42.3. The fourth-order valence-corrected chi connectivity index (χ4v) is 7.48. The molecular formula is C25H34FN2O3+. The first-order valence-electron chi connectivity index (χ1n) is 12.1. The third-order valence-electron chi connectivity index (χ3n) is 9.25. The Balaban J connectivity index is 1.12. The molecule has 1 N–H and O–H groups in total. The molecule has 168 valence electrons. The van der Waals surface area contributed by atoms with Gasteiger partial charge in [0.2, 0.25) is 0 Å². The van der Waals surface area contributed by atoms with Crippen LogP contribution in [0.2, 0.25) is 0 Å². The van der Waals surface area contributed by atoms with Gasteiger partial charge < -0.3 is 19.3 Å². The molecule has 6 heteroatoms. The van der Waals surface area contributed by atoms with E-state index in [4.69, 9.17) is 9.47 Å². The Bertz CT molecular complexity index is 866. The number of piperazine rings is 1. The van der Waals surface area contributed by atoms with Crippen LogP contribution in [0.5, 0.6) is 0 Å². The second kappa shape index (κ2) is 7.17. The van der Waals surface area contributed by atoms with Crippen molar-refractivity contribution in [3.8, 4) is 0 Å². The number of nitrogens with zero attached hydrogens (tertiary/aromatic N) is 1. The first-order chi connectivity index (χ1) is 15.0. The van der Waals surface area contributed by atoms with Crippen molar-refractivity contribution in [3.63, 3.8) is 0 Å². The molecule has 2 saturated carbocycles. The summed E-state index contributed by atoms with van der Waals surface area (Å²) < 4.78 is 26.2. The fraction of sp³-hybridized carbons (Fsp3) is 0.720. The van der Waals surface area contributed by atoms with Crippen molar-refractivity contribution in [2.45, 2.75) is 50.7 Å². The average Bonchev–Trinajstić information content (AvgIpc) is 3.46. The molecule has 31 heavy (non-hydrogen) atoms. The third-order valence-corrected chi connectivity index (χ3v) is 9.25. The van der Waals surface area contributed by atoms with Crippen molar-refractivity contribution in [1.82, 2.24) is 0 Å². The van der Waals surface area contributed by atoms with Gasteiger partial charge in [-0.1, -0.05) is 19.1 Å². The van der Waals surface area contributed by atoms with Gasteiger partial charge in [-0.25, -0.2) is 4.39 Å². The van der Waals surface area contributed by atoms with Gasteiger partial charge in [0.15, 0.2) is 0 Å². The highest BCUT2D eigenvalue weighted by Crippen LogP contribution is 2.62. The van der Waals surface area contributed by atoms with Gasteiger partial charge in [-0.3, -0.25) is 4.79 Å². The maximum Gasteiger partial charge on any atom is 0.315 e. The summed E-state index contributed by atoms with van der Waals surface area (Å²) in [4.78, 5) is 16.5. The first kappa shape index (κ1) is 20.0. The Labute approximate surface area is 183 Å². The monoisotopic (exact) mass is 429 g/mol. The molecule has 5 aliphatic rings. The number of carbonyl (C=O) groups excluding carboxylic acids is 1. The average molecular weight is 430 g/mol. The van der Waals surface area contributed by atoms with Crippen molar-refractivity contribution in [2.24, 2.45) is 23.2 Å². The number of carbonyl (C=O) groups is 1. The maximum atomic E-state index is 14.2. The largest absolute Gasteiger partial charge is 0.462 e. The number of rotatable bonds is 3. The smallest absolute Gasteiger partial charge is 0.315 e. The van der Waals surface area contributed by atoms with E-state index in [1.165, 1.54) is 30.2 Å². The Morgan fingerprint density at radius 1 is 1.23 bits per heavy atom. The summed E-state index contributed by atoms with van der Waals surface area (Å²) in [5.74, 6) is 0.776. The second-order valence-corrected chi connectivity index (χ2v) is 11.0. The number of nitrogens with one attached hydrogen (secondary N) is 1. The molecule has 5 fully saturated rings. The van der Waals surface area contributed by atoms with Crippen LogP contribution in [-0.2, 0) is 14.3 Å². The molecule has 0 aromatic heterocycles. The van der Waals surface area contributed by atoms with Crippen molar-refractivity contribution in [2.75, 3.05) is 44.2 Å². The lowest BCUT2D eigenvalue weighted by atomic mass is 9.53. The van der Waals surface area contributed by atoms with Crippen LogP contribution < -0.4 is 9.80 Å². The standard InChI is InChI=1S/C25H33FN2O3/c1-24-7-4-8-25(16-30-25)22(24)13-17-18(23(29)31-21(17)14-24)15-27-9-11-28(12-10-27)20-6-3-2-5-19(20)26/h2-3,5-6,17-18,21-22H,4,7-16H2,1H3/p+1/t17-,18-,21-,22+,24-,25+/m1/s1. The van der Waals surface area contributed by atoms with Gasteiger partial charge in [0, 0.05) is 5.92 Å². The highest BCUT2D eigenvalue weighted by molar-refractivity contribution is 5.75. The summed E-state index contributed by atoms with van der Waals surface area (Å²) in [5.41, 5.74) is 1.05. The van der Waals surface area contributed by atoms with Crippen molar-refractivity contribution in [1.29, 1.82) is 0 Å². The van der Waals surface area contributed by atoms with Crippen molar-refractivity contribution < 1.29 is 23.6 Å². The fourth-order valence-electron chi connectivity index (χ4n) is 7.48. The van der Waals surface area contributed by atoms with Gasteiger partial charge in [0.05, 0.1) is 50.6 Å². The van der Waals surface area contributed by atoms with Crippen LogP contribution in [0.4, 0.5) is 10.1 Å². The van der Waals surface area contributed by atoms with E-state index >= 15 is 0 Å². The summed E-state index contributed by atoms with van der Waals surface area (Å²) in [6.45, 7) is 7.68. The van der Waals surface area contributed by atoms with E-state index in [0.717, 1.165) is 52.2 Å². The lowest BCUT2D eigenvalue weighted by Gasteiger charge is -2.51. The number of epoxide rings is 1. The molecule has 0 unspecified atom stereocenters. The van der Waals surface area contributed by atoms with E-state index in [2.05, 4.69) is 11.8 Å². The van der Waals surface area contributed by atoms with Crippen LogP contribution in [0.1, 0.15) is 39.0 Å². The molecule has 3 heterocycles. The highest BCUT2D eigenvalue weighted by atomic mass is 19.1. The zero-order valence-corrected chi connectivity index (χ0v) is 18.4. The number of halogens is 1. The molecule has 1 aromatic carbocycles. The number of benzene rings is 1. The van der Waals surface area contributed by atoms with E-state index in [0.29, 0.717) is 17.5 Å². The third kappa shape index (κ3) is 3.29. The number of quaternary nitrogens is 1. The van der Waals surface area contributed by atoms with Crippen LogP contribution in [0, 0.1) is 29.0 Å². The maximum absolute atomic E-state index is 14.2. The zero-order chi connectivity index (χ0) is 21.2. The number of ether oxygens (including phenoxy) is 2. The molecule has 3 aliphatic heterocycles. The summed E-state index contributed by atoms with van der Waals surface area (Å²) in [7, 11) is 0. The molecule has 0 bridgehead atoms. The van der Waals surface area contributed by atoms with Gasteiger partial charge >= 0.3 is 5.97 Å². The quantitative estimate of drug-likeness (QED) is 0.590. The minimum Gasteiger partial charge on any atom is -0.462 e. The lowest BCUT2D eigenvalue weighted by Crippen LogP contribution is -3.15. The van der Waals surface area contributed by atoms with Crippen LogP contribution >= 0.6 is 0 Å². The summed E-state index contributed by atoms with van der Waals surface area (Å²) in [6.07, 6.45) is 5.83. The van der Waals surface area contributed by atoms with E-state index in [1.807, 2.05) is 12.1 Å². The molecular weight excluding hydrogens is 395 g/mol. The Kier molecular flexibility index (Phi) is 4.62. The van der Waals surface area contributed by atoms with Crippen molar-refractivity contribution >= 4 is 11.7 Å². The number of hydrogen-bond acceptors (Lipinski definition) is 4. The molecule has 6 atom stereocenters.